The Labute approximate surface area is 160 Å². The zero-order valence-corrected chi connectivity index (χ0v) is 15.5. The third-order valence-corrected chi connectivity index (χ3v) is 6.36. The van der Waals surface area contributed by atoms with Crippen molar-refractivity contribution in [3.8, 4) is 11.5 Å². The molecule has 0 saturated carbocycles. The number of rotatable bonds is 4. The number of Topliss-reactive ketones (excluding diaryl/α,β-unsaturated/α-hetero) is 1. The van der Waals surface area contributed by atoms with Crippen LogP contribution < -0.4 is 9.47 Å². The summed E-state index contributed by atoms with van der Waals surface area (Å²) in [4.78, 5) is 15.8. The fourth-order valence-electron chi connectivity index (χ4n) is 5.03. The quantitative estimate of drug-likeness (QED) is 0.753. The minimum atomic E-state index is 0.118. The zero-order valence-electron chi connectivity index (χ0n) is 15.5. The highest BCUT2D eigenvalue weighted by atomic mass is 16.7. The van der Waals surface area contributed by atoms with Crippen LogP contribution in [-0.2, 0) is 6.54 Å². The molecule has 2 fully saturated rings. The van der Waals surface area contributed by atoms with E-state index in [2.05, 4.69) is 35.2 Å². The van der Waals surface area contributed by atoms with Crippen molar-refractivity contribution >= 4 is 5.78 Å². The number of hydrogen-bond donors (Lipinski definition) is 0. The number of hydrogen-bond acceptors (Lipinski definition) is 4. The lowest BCUT2D eigenvalue weighted by molar-refractivity contribution is 0.00906. The number of nitrogens with zero attached hydrogens (tertiary/aromatic N) is 1. The lowest BCUT2D eigenvalue weighted by Gasteiger charge is -2.48. The molecule has 140 valence electrons. The molecule has 4 heteroatoms. The summed E-state index contributed by atoms with van der Waals surface area (Å²) in [6, 6.07) is 17.3. The van der Waals surface area contributed by atoms with Crippen molar-refractivity contribution in [2.45, 2.75) is 50.7 Å². The van der Waals surface area contributed by atoms with Gasteiger partial charge in [-0.25, -0.2) is 0 Å². The Bertz CT molecular complexity index is 821. The Kier molecular flexibility index (Phi) is 4.36. The zero-order chi connectivity index (χ0) is 18.2. The summed E-state index contributed by atoms with van der Waals surface area (Å²) < 4.78 is 10.8. The van der Waals surface area contributed by atoms with Gasteiger partial charge in [0.2, 0.25) is 6.79 Å². The molecule has 0 aliphatic carbocycles. The summed E-state index contributed by atoms with van der Waals surface area (Å²) in [6.07, 6.45) is 5.63. The fraction of sp³-hybridized carbons (Fsp3) is 0.435. The Morgan fingerprint density at radius 2 is 1.70 bits per heavy atom. The van der Waals surface area contributed by atoms with Crippen molar-refractivity contribution in [1.82, 2.24) is 4.90 Å². The first-order chi connectivity index (χ1) is 13.3. The van der Waals surface area contributed by atoms with Gasteiger partial charge in [-0.1, -0.05) is 36.8 Å². The minimum Gasteiger partial charge on any atom is -0.454 e. The summed E-state index contributed by atoms with van der Waals surface area (Å²) >= 11 is 0. The van der Waals surface area contributed by atoms with Crippen molar-refractivity contribution in [3.63, 3.8) is 0 Å². The molecule has 0 aromatic heterocycles. The molecule has 4 nitrogen and oxygen atoms in total. The molecule has 2 atom stereocenters. The van der Waals surface area contributed by atoms with Crippen molar-refractivity contribution in [3.05, 3.63) is 59.7 Å². The van der Waals surface area contributed by atoms with Crippen LogP contribution in [-0.4, -0.2) is 29.6 Å². The highest BCUT2D eigenvalue weighted by molar-refractivity contribution is 5.98. The van der Waals surface area contributed by atoms with E-state index in [1.807, 2.05) is 18.2 Å². The number of ether oxygens (including phenoxy) is 2. The highest BCUT2D eigenvalue weighted by Gasteiger charge is 2.40. The maximum Gasteiger partial charge on any atom is 0.231 e. The largest absolute Gasteiger partial charge is 0.454 e. The molecular weight excluding hydrogens is 338 g/mol. The topological polar surface area (TPSA) is 38.8 Å². The summed E-state index contributed by atoms with van der Waals surface area (Å²) in [5.41, 5.74) is 2.13. The second kappa shape index (κ2) is 7.01. The molecule has 2 unspecified atom stereocenters. The van der Waals surface area contributed by atoms with Crippen LogP contribution >= 0.6 is 0 Å². The van der Waals surface area contributed by atoms with Gasteiger partial charge in [-0.2, -0.15) is 0 Å². The smallest absolute Gasteiger partial charge is 0.231 e. The van der Waals surface area contributed by atoms with Crippen LogP contribution in [0.1, 0.15) is 48.0 Å². The summed E-state index contributed by atoms with van der Waals surface area (Å²) in [7, 11) is 0. The van der Waals surface area contributed by atoms with Crippen LogP contribution in [0.25, 0.3) is 0 Å². The predicted molar refractivity (Wildman–Crippen MR) is 103 cm³/mol. The summed E-state index contributed by atoms with van der Waals surface area (Å²) in [5.74, 6) is 1.82. The van der Waals surface area contributed by atoms with E-state index in [1.165, 1.54) is 24.8 Å². The van der Waals surface area contributed by atoms with E-state index in [0.29, 0.717) is 17.8 Å². The minimum absolute atomic E-state index is 0.118. The van der Waals surface area contributed by atoms with Gasteiger partial charge in [-0.3, -0.25) is 9.69 Å². The molecule has 2 saturated heterocycles. The van der Waals surface area contributed by atoms with Crippen molar-refractivity contribution in [2.75, 3.05) is 6.79 Å². The monoisotopic (exact) mass is 363 g/mol. The fourth-order valence-corrected chi connectivity index (χ4v) is 5.03. The number of benzene rings is 2. The maximum absolute atomic E-state index is 13.2. The van der Waals surface area contributed by atoms with E-state index in [9.17, 15) is 4.79 Å². The van der Waals surface area contributed by atoms with E-state index in [0.717, 1.165) is 30.7 Å². The van der Waals surface area contributed by atoms with E-state index in [4.69, 9.17) is 9.47 Å². The van der Waals surface area contributed by atoms with E-state index < -0.39 is 0 Å². The Balaban J connectivity index is 1.32. The summed E-state index contributed by atoms with van der Waals surface area (Å²) in [6.45, 7) is 1.25. The first kappa shape index (κ1) is 16.8. The number of carbonyl (C=O) groups is 1. The Morgan fingerprint density at radius 3 is 2.48 bits per heavy atom. The van der Waals surface area contributed by atoms with Gasteiger partial charge in [-0.05, 0) is 49.4 Å². The maximum atomic E-state index is 13.2. The predicted octanol–water partition coefficient (Wildman–Crippen LogP) is 4.43. The molecular formula is C23H25NO3. The molecule has 0 N–H and O–H groups in total. The molecule has 3 aliphatic rings. The van der Waals surface area contributed by atoms with Crippen LogP contribution in [0.3, 0.4) is 0 Å². The van der Waals surface area contributed by atoms with E-state index in [1.54, 1.807) is 0 Å². The number of fused-ring (bicyclic) bond motifs is 3. The molecule has 3 aliphatic heterocycles. The van der Waals surface area contributed by atoms with E-state index in [-0.39, 0.29) is 18.5 Å². The van der Waals surface area contributed by atoms with Crippen LogP contribution in [0, 0.1) is 5.92 Å². The van der Waals surface area contributed by atoms with Gasteiger partial charge < -0.3 is 9.47 Å². The standard InChI is InChI=1S/C23H25NO3/c25-23(17-9-10-21-22(13-17)27-15-26-21)18-11-19-7-4-8-20(12-18)24(19)14-16-5-2-1-3-6-16/h1-3,5-6,9-10,13,18-20H,4,7-8,11-12,14-15H2. The third-order valence-electron chi connectivity index (χ3n) is 6.36. The molecule has 0 amide bonds. The molecule has 0 radical (unpaired) electrons. The van der Waals surface area contributed by atoms with E-state index >= 15 is 0 Å². The SMILES string of the molecule is O=C(c1ccc2c(c1)OCO2)C1CC2CCCC(C1)N2Cc1ccccc1. The normalized spacial score (nSPS) is 26.7. The molecule has 2 bridgehead atoms. The van der Waals surface area contributed by atoms with Gasteiger partial charge in [0.25, 0.3) is 0 Å². The van der Waals surface area contributed by atoms with Crippen LogP contribution in [0.4, 0.5) is 0 Å². The van der Waals surface area contributed by atoms with Crippen molar-refractivity contribution < 1.29 is 14.3 Å². The first-order valence-corrected chi connectivity index (χ1v) is 10.0. The highest BCUT2D eigenvalue weighted by Crippen LogP contribution is 2.40. The average Bonchev–Trinajstić information content (AvgIpc) is 3.16. The third kappa shape index (κ3) is 3.23. The van der Waals surface area contributed by atoms with Gasteiger partial charge in [0.15, 0.2) is 17.3 Å². The number of ketones is 1. The summed E-state index contributed by atoms with van der Waals surface area (Å²) in [5, 5.41) is 0. The molecule has 27 heavy (non-hydrogen) atoms. The van der Waals surface area contributed by atoms with Crippen LogP contribution in [0.5, 0.6) is 11.5 Å². The second-order valence-electron chi connectivity index (χ2n) is 8.00. The van der Waals surface area contributed by atoms with Gasteiger partial charge in [0, 0.05) is 30.1 Å². The molecule has 3 heterocycles. The van der Waals surface area contributed by atoms with Gasteiger partial charge in [0.1, 0.15) is 0 Å². The average molecular weight is 363 g/mol. The van der Waals surface area contributed by atoms with Crippen LogP contribution in [0.15, 0.2) is 48.5 Å². The number of carbonyl (C=O) groups excluding carboxylic acids is 1. The molecule has 5 rings (SSSR count). The molecule has 2 aromatic rings. The Morgan fingerprint density at radius 1 is 0.963 bits per heavy atom. The molecule has 2 aromatic carbocycles. The Hall–Kier alpha value is -2.33. The molecule has 0 spiro atoms. The lowest BCUT2D eigenvalue weighted by atomic mass is 9.75. The van der Waals surface area contributed by atoms with Gasteiger partial charge in [0.05, 0.1) is 0 Å². The van der Waals surface area contributed by atoms with Crippen molar-refractivity contribution in [1.29, 1.82) is 0 Å². The van der Waals surface area contributed by atoms with Crippen molar-refractivity contribution in [2.24, 2.45) is 5.92 Å². The second-order valence-corrected chi connectivity index (χ2v) is 8.00. The number of piperidine rings is 2. The van der Waals surface area contributed by atoms with Gasteiger partial charge in [-0.15, -0.1) is 0 Å². The first-order valence-electron chi connectivity index (χ1n) is 10.0. The van der Waals surface area contributed by atoms with Crippen LogP contribution in [0.2, 0.25) is 0 Å². The lowest BCUT2D eigenvalue weighted by Crippen LogP contribution is -2.52. The van der Waals surface area contributed by atoms with Gasteiger partial charge >= 0.3 is 0 Å².